The van der Waals surface area contributed by atoms with Crippen molar-refractivity contribution >= 4 is 23.3 Å². The molecule has 2 saturated heterocycles. The molecule has 1 N–H and O–H groups in total. The Hall–Kier alpha value is -2.89. The summed E-state index contributed by atoms with van der Waals surface area (Å²) >= 11 is 0. The molecule has 1 atom stereocenters. The summed E-state index contributed by atoms with van der Waals surface area (Å²) in [4.78, 5) is 40.4. The second-order valence-electron chi connectivity index (χ2n) is 8.80. The highest BCUT2D eigenvalue weighted by Crippen LogP contribution is 2.37. The van der Waals surface area contributed by atoms with Crippen molar-refractivity contribution in [1.82, 2.24) is 15.1 Å². The van der Waals surface area contributed by atoms with Gasteiger partial charge in [-0.05, 0) is 31.4 Å². The number of alkyl halides is 3. The van der Waals surface area contributed by atoms with Gasteiger partial charge in [-0.1, -0.05) is 13.8 Å². The van der Waals surface area contributed by atoms with Crippen LogP contribution in [-0.2, 0) is 11.0 Å². The predicted molar refractivity (Wildman–Crippen MR) is 110 cm³/mol. The summed E-state index contributed by atoms with van der Waals surface area (Å²) in [7, 11) is 0. The van der Waals surface area contributed by atoms with Gasteiger partial charge in [0, 0.05) is 32.2 Å². The molecule has 32 heavy (non-hydrogen) atoms. The van der Waals surface area contributed by atoms with Gasteiger partial charge in [0.15, 0.2) is 0 Å². The molecule has 0 aliphatic carbocycles. The molecule has 176 valence electrons. The number of hydrogen-bond acceptors (Lipinski definition) is 6. The van der Waals surface area contributed by atoms with Gasteiger partial charge in [0.25, 0.3) is 11.6 Å². The number of nitro benzene ring substituents is 1. The van der Waals surface area contributed by atoms with Crippen LogP contribution in [0.1, 0.15) is 32.8 Å². The fourth-order valence-electron chi connectivity index (χ4n) is 4.27. The van der Waals surface area contributed by atoms with Crippen molar-refractivity contribution in [1.29, 1.82) is 0 Å². The first-order valence-electron chi connectivity index (χ1n) is 10.3. The third kappa shape index (κ3) is 4.79. The minimum atomic E-state index is -4.67. The van der Waals surface area contributed by atoms with Gasteiger partial charge in [-0.25, -0.2) is 9.69 Å². The smallest absolute Gasteiger partial charge is 0.363 e. The molecule has 2 fully saturated rings. The molecule has 0 radical (unpaired) electrons. The minimum Gasteiger partial charge on any atom is -0.363 e. The molecule has 0 unspecified atom stereocenters. The van der Waals surface area contributed by atoms with Crippen molar-refractivity contribution in [3.8, 4) is 0 Å². The first-order valence-corrected chi connectivity index (χ1v) is 10.3. The Morgan fingerprint density at radius 1 is 1.19 bits per heavy atom. The molecule has 12 heteroatoms. The van der Waals surface area contributed by atoms with Gasteiger partial charge < -0.3 is 10.2 Å². The summed E-state index contributed by atoms with van der Waals surface area (Å²) in [6.07, 6.45) is -4.16. The van der Waals surface area contributed by atoms with E-state index in [9.17, 15) is 32.9 Å². The lowest BCUT2D eigenvalue weighted by molar-refractivity contribution is -0.384. The summed E-state index contributed by atoms with van der Waals surface area (Å²) in [5.74, 6) is -0.0794. The Balaban J connectivity index is 1.67. The molecule has 2 heterocycles. The number of nitrogens with one attached hydrogen (secondary N) is 1. The van der Waals surface area contributed by atoms with Gasteiger partial charge in [0.2, 0.25) is 0 Å². The molecule has 0 aromatic heterocycles. The molecule has 1 aromatic rings. The van der Waals surface area contributed by atoms with Crippen molar-refractivity contribution < 1.29 is 27.7 Å². The minimum absolute atomic E-state index is 0.0846. The maximum absolute atomic E-state index is 12.9. The average Bonchev–Trinajstić information content (AvgIpc) is 2.89. The summed E-state index contributed by atoms with van der Waals surface area (Å²) in [6.45, 7) is 7.10. The molecular formula is C20H26F3N5O4. The number of nitrogens with zero attached hydrogens (tertiary/aromatic N) is 4. The number of amides is 3. The topological polar surface area (TPSA) is 99.0 Å². The highest BCUT2D eigenvalue weighted by atomic mass is 19.4. The number of urea groups is 1. The Morgan fingerprint density at radius 3 is 2.34 bits per heavy atom. The molecule has 0 spiro atoms. The van der Waals surface area contributed by atoms with E-state index in [1.165, 1.54) is 4.90 Å². The van der Waals surface area contributed by atoms with Crippen molar-refractivity contribution in [2.24, 2.45) is 5.92 Å². The predicted octanol–water partition coefficient (Wildman–Crippen LogP) is 3.05. The largest absolute Gasteiger partial charge is 0.416 e. The molecule has 3 amide bonds. The standard InChI is InChI=1S/C20H26F3N5O4/c1-13(2)11-19(3)17(29)27(18(30)24-19)12-25-6-8-26(9-7-25)15-5-4-14(20(21,22)23)10-16(15)28(31)32/h4-5,10,13H,6-9,11-12H2,1-3H3,(H,24,30)/t19-/m0/s1. The number of carbonyl (C=O) groups excluding carboxylic acids is 2. The number of anilines is 1. The third-order valence-electron chi connectivity index (χ3n) is 5.72. The highest BCUT2D eigenvalue weighted by Gasteiger charge is 2.48. The van der Waals surface area contributed by atoms with Gasteiger partial charge in [0.1, 0.15) is 11.2 Å². The van der Waals surface area contributed by atoms with Crippen LogP contribution >= 0.6 is 0 Å². The molecule has 2 aliphatic heterocycles. The molecule has 0 saturated carbocycles. The van der Waals surface area contributed by atoms with Crippen LogP contribution in [0.5, 0.6) is 0 Å². The van der Waals surface area contributed by atoms with Crippen LogP contribution in [0.15, 0.2) is 18.2 Å². The van der Waals surface area contributed by atoms with Gasteiger partial charge >= 0.3 is 12.2 Å². The lowest BCUT2D eigenvalue weighted by Gasteiger charge is -2.37. The molecule has 3 rings (SSSR count). The van der Waals surface area contributed by atoms with E-state index in [1.54, 1.807) is 11.8 Å². The van der Waals surface area contributed by atoms with Crippen LogP contribution in [-0.4, -0.2) is 65.0 Å². The quantitative estimate of drug-likeness (QED) is 0.401. The average molecular weight is 457 g/mol. The zero-order chi connectivity index (χ0) is 23.8. The Labute approximate surface area is 183 Å². The van der Waals surface area contributed by atoms with Crippen LogP contribution in [0.3, 0.4) is 0 Å². The molecule has 0 bridgehead atoms. The number of hydrogen-bond donors (Lipinski definition) is 1. The second-order valence-corrected chi connectivity index (χ2v) is 8.80. The van der Waals surface area contributed by atoms with E-state index in [0.29, 0.717) is 38.7 Å². The number of carbonyl (C=O) groups is 2. The first-order chi connectivity index (χ1) is 14.8. The number of imide groups is 1. The van der Waals surface area contributed by atoms with Gasteiger partial charge in [-0.2, -0.15) is 13.2 Å². The Morgan fingerprint density at radius 2 is 1.81 bits per heavy atom. The van der Waals surface area contributed by atoms with E-state index in [-0.39, 0.29) is 24.2 Å². The second kappa shape index (κ2) is 8.57. The van der Waals surface area contributed by atoms with Gasteiger partial charge in [-0.15, -0.1) is 0 Å². The van der Waals surface area contributed by atoms with Gasteiger partial charge in [-0.3, -0.25) is 19.8 Å². The van der Waals surface area contributed by atoms with Crippen LogP contribution in [0.2, 0.25) is 0 Å². The van der Waals surface area contributed by atoms with Crippen molar-refractivity contribution in [2.45, 2.75) is 38.9 Å². The Kier molecular flexibility index (Phi) is 6.36. The molecule has 1 aromatic carbocycles. The number of benzene rings is 1. The van der Waals surface area contributed by atoms with Crippen LogP contribution < -0.4 is 10.2 Å². The fraction of sp³-hybridized carbons (Fsp3) is 0.600. The first kappa shape index (κ1) is 23.8. The molecular weight excluding hydrogens is 431 g/mol. The van der Waals surface area contributed by atoms with E-state index < -0.39 is 33.9 Å². The van der Waals surface area contributed by atoms with E-state index in [2.05, 4.69) is 5.32 Å². The zero-order valence-electron chi connectivity index (χ0n) is 18.1. The number of halogens is 3. The van der Waals surface area contributed by atoms with Crippen LogP contribution in [0, 0.1) is 16.0 Å². The van der Waals surface area contributed by atoms with Crippen molar-refractivity contribution in [3.63, 3.8) is 0 Å². The summed E-state index contributed by atoms with van der Waals surface area (Å²) < 4.78 is 38.8. The van der Waals surface area contributed by atoms with Crippen LogP contribution in [0.25, 0.3) is 0 Å². The van der Waals surface area contributed by atoms with E-state index in [0.717, 1.165) is 12.1 Å². The van der Waals surface area contributed by atoms with Crippen molar-refractivity contribution in [2.75, 3.05) is 37.7 Å². The van der Waals surface area contributed by atoms with E-state index >= 15 is 0 Å². The maximum Gasteiger partial charge on any atom is 0.416 e. The normalized spacial score (nSPS) is 22.6. The summed E-state index contributed by atoms with van der Waals surface area (Å²) in [6, 6.07) is 2.03. The van der Waals surface area contributed by atoms with E-state index in [1.807, 2.05) is 18.7 Å². The molecule has 2 aliphatic rings. The molecule has 9 nitrogen and oxygen atoms in total. The zero-order valence-corrected chi connectivity index (χ0v) is 18.1. The number of rotatable bonds is 6. The number of piperazine rings is 1. The van der Waals surface area contributed by atoms with Gasteiger partial charge in [0.05, 0.1) is 17.2 Å². The SMILES string of the molecule is CC(C)C[C@]1(C)NC(=O)N(CN2CCN(c3ccc(C(F)(F)F)cc3[N+](=O)[O-])CC2)C1=O. The third-order valence-corrected chi connectivity index (χ3v) is 5.72. The summed E-state index contributed by atoms with van der Waals surface area (Å²) in [5.41, 5.74) is -2.52. The van der Waals surface area contributed by atoms with Crippen molar-refractivity contribution in [3.05, 3.63) is 33.9 Å². The lowest BCUT2D eigenvalue weighted by atomic mass is 9.91. The highest BCUT2D eigenvalue weighted by molar-refractivity contribution is 6.06. The van der Waals surface area contributed by atoms with Crippen LogP contribution in [0.4, 0.5) is 29.3 Å². The number of nitro groups is 1. The Bertz CT molecular complexity index is 915. The van der Waals surface area contributed by atoms with E-state index in [4.69, 9.17) is 0 Å². The lowest BCUT2D eigenvalue weighted by Crippen LogP contribution is -2.52. The summed E-state index contributed by atoms with van der Waals surface area (Å²) in [5, 5.41) is 14.1. The maximum atomic E-state index is 12.9. The fourth-order valence-corrected chi connectivity index (χ4v) is 4.27. The monoisotopic (exact) mass is 457 g/mol.